The van der Waals surface area contributed by atoms with E-state index >= 15 is 0 Å². The number of nitrogens with zero attached hydrogens (tertiary/aromatic N) is 1. The van der Waals surface area contributed by atoms with Crippen LogP contribution in [-0.4, -0.2) is 18.6 Å². The van der Waals surface area contributed by atoms with Gasteiger partial charge in [-0.05, 0) is 30.7 Å². The molecule has 1 heterocycles. The molecular weight excluding hydrogens is 224 g/mol. The highest BCUT2D eigenvalue weighted by Crippen LogP contribution is 2.29. The smallest absolute Gasteiger partial charge is 0.145 e. The van der Waals surface area contributed by atoms with Crippen LogP contribution in [0.25, 0.3) is 10.9 Å². The molecule has 0 unspecified atom stereocenters. The summed E-state index contributed by atoms with van der Waals surface area (Å²) in [6.07, 6.45) is 0. The lowest BCUT2D eigenvalue weighted by Crippen LogP contribution is -2.29. The van der Waals surface area contributed by atoms with Crippen LogP contribution in [0.1, 0.15) is 25.1 Å². The molecule has 1 aromatic carbocycles. The lowest BCUT2D eigenvalue weighted by Gasteiger charge is -2.22. The Kier molecular flexibility index (Phi) is 3.26. The van der Waals surface area contributed by atoms with Crippen LogP contribution < -0.4 is 10.5 Å². The van der Waals surface area contributed by atoms with E-state index in [2.05, 4.69) is 32.9 Å². The summed E-state index contributed by atoms with van der Waals surface area (Å²) < 4.78 is 5.42. The van der Waals surface area contributed by atoms with Crippen LogP contribution >= 0.6 is 0 Å². The van der Waals surface area contributed by atoms with Crippen LogP contribution in [0.3, 0.4) is 0 Å². The number of hydrogen-bond donors (Lipinski definition) is 1. The molecule has 2 aromatic rings. The van der Waals surface area contributed by atoms with Crippen LogP contribution in [0.15, 0.2) is 24.3 Å². The van der Waals surface area contributed by atoms with E-state index < -0.39 is 0 Å². The lowest BCUT2D eigenvalue weighted by molar-refractivity contribution is 0.418. The van der Waals surface area contributed by atoms with Crippen molar-refractivity contribution in [3.05, 3.63) is 35.5 Å². The van der Waals surface area contributed by atoms with Crippen molar-refractivity contribution in [2.45, 2.75) is 26.2 Å². The van der Waals surface area contributed by atoms with Crippen LogP contribution in [0.4, 0.5) is 0 Å². The zero-order chi connectivity index (χ0) is 13.3. The maximum Gasteiger partial charge on any atom is 0.145 e. The summed E-state index contributed by atoms with van der Waals surface area (Å²) in [5.74, 6) is 0.819. The normalized spacial score (nSPS) is 11.8. The van der Waals surface area contributed by atoms with E-state index in [1.807, 2.05) is 12.1 Å². The number of ether oxygens (including phenoxy) is 1. The van der Waals surface area contributed by atoms with E-state index in [9.17, 15) is 0 Å². The van der Waals surface area contributed by atoms with E-state index in [0.29, 0.717) is 6.54 Å². The fourth-order valence-corrected chi connectivity index (χ4v) is 1.98. The van der Waals surface area contributed by atoms with Crippen molar-refractivity contribution in [2.75, 3.05) is 13.7 Å². The highest BCUT2D eigenvalue weighted by atomic mass is 16.5. The summed E-state index contributed by atoms with van der Waals surface area (Å²) in [5.41, 5.74) is 8.76. The summed E-state index contributed by atoms with van der Waals surface area (Å²) >= 11 is 0. The van der Waals surface area contributed by atoms with E-state index in [-0.39, 0.29) is 5.41 Å². The van der Waals surface area contributed by atoms with Crippen molar-refractivity contribution >= 4 is 10.9 Å². The third kappa shape index (κ3) is 2.18. The highest BCUT2D eigenvalue weighted by molar-refractivity contribution is 5.85. The number of methoxy groups -OCH3 is 1. The molecule has 0 aliphatic rings. The zero-order valence-electron chi connectivity index (χ0n) is 11.4. The van der Waals surface area contributed by atoms with Gasteiger partial charge in [0.1, 0.15) is 11.3 Å². The fourth-order valence-electron chi connectivity index (χ4n) is 1.98. The molecule has 0 fully saturated rings. The summed E-state index contributed by atoms with van der Waals surface area (Å²) in [4.78, 5) is 4.72. The first-order valence-corrected chi connectivity index (χ1v) is 6.14. The number of aromatic nitrogens is 1. The third-order valence-electron chi connectivity index (χ3n) is 3.33. The fraction of sp³-hybridized carbons (Fsp3) is 0.400. The van der Waals surface area contributed by atoms with Crippen LogP contribution in [0, 0.1) is 6.92 Å². The average Bonchev–Trinajstić information content (AvgIpc) is 2.37. The van der Waals surface area contributed by atoms with Crippen LogP contribution in [0.2, 0.25) is 0 Å². The number of hydrogen-bond acceptors (Lipinski definition) is 3. The SMILES string of the molecule is COc1cc(C)cc2ccc(C(C)(C)CN)nc12. The Morgan fingerprint density at radius 3 is 2.61 bits per heavy atom. The number of nitrogens with two attached hydrogens (primary N) is 1. The first kappa shape index (κ1) is 12.8. The van der Waals surface area contributed by atoms with Gasteiger partial charge in [0.15, 0.2) is 0 Å². The molecule has 0 saturated heterocycles. The van der Waals surface area contributed by atoms with Crippen molar-refractivity contribution in [2.24, 2.45) is 5.73 Å². The number of fused-ring (bicyclic) bond motifs is 1. The summed E-state index contributed by atoms with van der Waals surface area (Å²) in [7, 11) is 1.68. The van der Waals surface area contributed by atoms with Crippen LogP contribution in [-0.2, 0) is 5.41 Å². The molecule has 0 atom stereocenters. The van der Waals surface area contributed by atoms with E-state index in [1.54, 1.807) is 7.11 Å². The van der Waals surface area contributed by atoms with Gasteiger partial charge in [-0.1, -0.05) is 19.9 Å². The van der Waals surface area contributed by atoms with Crippen molar-refractivity contribution in [3.63, 3.8) is 0 Å². The standard InChI is InChI=1S/C15H20N2O/c1-10-7-11-5-6-13(15(2,3)9-16)17-14(11)12(8-10)18-4/h5-8H,9,16H2,1-4H3. The molecule has 3 heteroatoms. The molecule has 96 valence electrons. The highest BCUT2D eigenvalue weighted by Gasteiger charge is 2.21. The molecule has 2 N–H and O–H groups in total. The van der Waals surface area contributed by atoms with Gasteiger partial charge in [-0.25, -0.2) is 4.98 Å². The first-order valence-electron chi connectivity index (χ1n) is 6.14. The van der Waals surface area contributed by atoms with E-state index in [0.717, 1.165) is 22.3 Å². The van der Waals surface area contributed by atoms with Crippen molar-refractivity contribution in [1.82, 2.24) is 4.98 Å². The monoisotopic (exact) mass is 244 g/mol. The Labute approximate surface area is 108 Å². The van der Waals surface area contributed by atoms with Gasteiger partial charge >= 0.3 is 0 Å². The summed E-state index contributed by atoms with van der Waals surface area (Å²) in [5, 5.41) is 1.10. The molecule has 3 nitrogen and oxygen atoms in total. The van der Waals surface area contributed by atoms with Crippen molar-refractivity contribution in [1.29, 1.82) is 0 Å². The van der Waals surface area contributed by atoms with Crippen molar-refractivity contribution < 1.29 is 4.74 Å². The zero-order valence-corrected chi connectivity index (χ0v) is 11.4. The second kappa shape index (κ2) is 4.58. The Bertz CT molecular complexity index is 576. The Morgan fingerprint density at radius 2 is 2.00 bits per heavy atom. The topological polar surface area (TPSA) is 48.1 Å². The van der Waals surface area contributed by atoms with Gasteiger partial charge in [0.25, 0.3) is 0 Å². The second-order valence-electron chi connectivity index (χ2n) is 5.32. The summed E-state index contributed by atoms with van der Waals surface area (Å²) in [6.45, 7) is 6.82. The minimum Gasteiger partial charge on any atom is -0.494 e. The van der Waals surface area contributed by atoms with Gasteiger partial charge in [0.05, 0.1) is 7.11 Å². The predicted octanol–water partition coefficient (Wildman–Crippen LogP) is 2.79. The Balaban J connectivity index is 2.67. The second-order valence-corrected chi connectivity index (χ2v) is 5.32. The van der Waals surface area contributed by atoms with Gasteiger partial charge in [-0.15, -0.1) is 0 Å². The minimum atomic E-state index is -0.121. The number of aryl methyl sites for hydroxylation is 1. The molecule has 0 radical (unpaired) electrons. The number of rotatable bonds is 3. The lowest BCUT2D eigenvalue weighted by atomic mass is 9.88. The molecule has 2 rings (SSSR count). The summed E-state index contributed by atoms with van der Waals surface area (Å²) in [6, 6.07) is 8.26. The average molecular weight is 244 g/mol. The van der Waals surface area contributed by atoms with Gasteiger partial charge in [-0.2, -0.15) is 0 Å². The van der Waals surface area contributed by atoms with E-state index in [1.165, 1.54) is 5.56 Å². The first-order chi connectivity index (χ1) is 8.47. The molecule has 0 saturated carbocycles. The van der Waals surface area contributed by atoms with Gasteiger partial charge < -0.3 is 10.5 Å². The van der Waals surface area contributed by atoms with Crippen molar-refractivity contribution in [3.8, 4) is 5.75 Å². The molecule has 0 aliphatic heterocycles. The Hall–Kier alpha value is -1.61. The minimum absolute atomic E-state index is 0.121. The maximum atomic E-state index is 5.81. The molecule has 18 heavy (non-hydrogen) atoms. The maximum absolute atomic E-state index is 5.81. The number of pyridine rings is 1. The third-order valence-corrected chi connectivity index (χ3v) is 3.33. The predicted molar refractivity (Wildman–Crippen MR) is 75.1 cm³/mol. The molecule has 0 amide bonds. The molecule has 0 aliphatic carbocycles. The molecular formula is C15H20N2O. The molecule has 1 aromatic heterocycles. The quantitative estimate of drug-likeness (QED) is 0.903. The van der Waals surface area contributed by atoms with Crippen LogP contribution in [0.5, 0.6) is 5.75 Å². The largest absolute Gasteiger partial charge is 0.494 e. The van der Waals surface area contributed by atoms with Gasteiger partial charge in [-0.3, -0.25) is 0 Å². The molecule has 0 spiro atoms. The van der Waals surface area contributed by atoms with Gasteiger partial charge in [0, 0.05) is 23.0 Å². The van der Waals surface area contributed by atoms with Gasteiger partial charge in [0.2, 0.25) is 0 Å². The number of benzene rings is 1. The Morgan fingerprint density at radius 1 is 1.28 bits per heavy atom. The molecule has 0 bridgehead atoms. The van der Waals surface area contributed by atoms with E-state index in [4.69, 9.17) is 15.5 Å².